The Morgan fingerprint density at radius 3 is 3.17 bits per heavy atom. The van der Waals surface area contributed by atoms with Crippen molar-refractivity contribution in [2.45, 2.75) is 11.7 Å². The fourth-order valence-corrected chi connectivity index (χ4v) is 3.79. The lowest BCUT2D eigenvalue weighted by molar-refractivity contribution is -0.138. The van der Waals surface area contributed by atoms with Crippen LogP contribution in [0.25, 0.3) is 0 Å². The van der Waals surface area contributed by atoms with Crippen LogP contribution in [0.2, 0.25) is 0 Å². The molecule has 4 heteroatoms. The van der Waals surface area contributed by atoms with Crippen LogP contribution in [0, 0.1) is 11.8 Å². The molecule has 0 aromatic carbocycles. The Kier molecular flexibility index (Phi) is 2.28. The molecule has 0 radical (unpaired) electrons. The van der Waals surface area contributed by atoms with Crippen LogP contribution < -0.4 is 5.32 Å². The highest BCUT2D eigenvalue weighted by Crippen LogP contribution is 2.40. The fourth-order valence-electron chi connectivity index (χ4n) is 2.13. The van der Waals surface area contributed by atoms with E-state index in [0.29, 0.717) is 23.5 Å². The summed E-state index contributed by atoms with van der Waals surface area (Å²) in [6.07, 6.45) is 0.357. The third kappa shape index (κ3) is 1.45. The normalized spacial score (nSPS) is 39.8. The highest BCUT2D eigenvalue weighted by molar-refractivity contribution is 8.00. The van der Waals surface area contributed by atoms with Gasteiger partial charge in [-0.1, -0.05) is 0 Å². The van der Waals surface area contributed by atoms with Crippen LogP contribution in [0.5, 0.6) is 0 Å². The highest BCUT2D eigenvalue weighted by atomic mass is 32.2. The molecule has 2 rings (SSSR count). The molecule has 68 valence electrons. The monoisotopic (exact) mass is 187 g/mol. The van der Waals surface area contributed by atoms with Crippen molar-refractivity contribution in [3.8, 4) is 0 Å². The van der Waals surface area contributed by atoms with Gasteiger partial charge >= 0.3 is 5.97 Å². The average molecular weight is 187 g/mol. The number of fused-ring (bicyclic) bond motifs is 1. The minimum atomic E-state index is -0.645. The van der Waals surface area contributed by atoms with Gasteiger partial charge in [0.1, 0.15) is 0 Å². The van der Waals surface area contributed by atoms with Crippen molar-refractivity contribution in [3.05, 3.63) is 0 Å². The number of aliphatic carboxylic acids is 1. The van der Waals surface area contributed by atoms with Crippen molar-refractivity contribution in [1.82, 2.24) is 5.32 Å². The summed E-state index contributed by atoms with van der Waals surface area (Å²) in [4.78, 5) is 10.5. The summed E-state index contributed by atoms with van der Waals surface area (Å²) < 4.78 is 0. The molecular formula is C8H13NO2S. The van der Waals surface area contributed by atoms with E-state index in [1.54, 1.807) is 0 Å². The van der Waals surface area contributed by atoms with Gasteiger partial charge in [0, 0.05) is 18.2 Å². The Hall–Kier alpha value is -0.220. The van der Waals surface area contributed by atoms with Crippen LogP contribution in [0.1, 0.15) is 6.42 Å². The van der Waals surface area contributed by atoms with Gasteiger partial charge in [-0.3, -0.25) is 4.79 Å². The zero-order valence-corrected chi connectivity index (χ0v) is 7.64. The Bertz CT molecular complexity index is 197. The Morgan fingerprint density at radius 1 is 1.58 bits per heavy atom. The van der Waals surface area contributed by atoms with E-state index in [2.05, 4.69) is 5.32 Å². The van der Waals surface area contributed by atoms with Gasteiger partial charge in [0.25, 0.3) is 0 Å². The second-order valence-electron chi connectivity index (χ2n) is 3.55. The molecule has 0 aromatic rings. The quantitative estimate of drug-likeness (QED) is 0.657. The molecule has 3 unspecified atom stereocenters. The number of carboxylic acids is 1. The zero-order chi connectivity index (χ0) is 8.55. The van der Waals surface area contributed by atoms with Crippen molar-refractivity contribution in [2.24, 2.45) is 11.8 Å². The van der Waals surface area contributed by atoms with Gasteiger partial charge in [-0.15, -0.1) is 0 Å². The molecule has 2 fully saturated rings. The van der Waals surface area contributed by atoms with Crippen LogP contribution in [0.3, 0.4) is 0 Å². The van der Waals surface area contributed by atoms with E-state index in [1.165, 1.54) is 0 Å². The van der Waals surface area contributed by atoms with Gasteiger partial charge < -0.3 is 10.4 Å². The lowest BCUT2D eigenvalue weighted by Gasteiger charge is -2.13. The van der Waals surface area contributed by atoms with Crippen LogP contribution in [0.4, 0.5) is 0 Å². The van der Waals surface area contributed by atoms with Gasteiger partial charge in [-0.05, 0) is 24.1 Å². The molecule has 3 nitrogen and oxygen atoms in total. The topological polar surface area (TPSA) is 49.3 Å². The number of carbonyl (C=O) groups is 1. The third-order valence-corrected chi connectivity index (χ3v) is 4.33. The fraction of sp³-hybridized carbons (Fsp3) is 0.875. The highest BCUT2D eigenvalue weighted by Gasteiger charge is 2.40. The van der Waals surface area contributed by atoms with Gasteiger partial charge in [0.15, 0.2) is 0 Å². The Balaban J connectivity index is 1.95. The smallest absolute Gasteiger partial charge is 0.303 e. The van der Waals surface area contributed by atoms with E-state index in [-0.39, 0.29) is 0 Å². The standard InChI is InChI=1S/C8H13NO2S/c10-8(11)1-5-4-12-7-3-9-2-6(5)7/h5-7,9H,1-4H2,(H,10,11). The molecule has 2 aliphatic rings. The lowest BCUT2D eigenvalue weighted by atomic mass is 9.91. The van der Waals surface area contributed by atoms with Crippen molar-refractivity contribution in [3.63, 3.8) is 0 Å². The zero-order valence-electron chi connectivity index (χ0n) is 6.82. The number of hydrogen-bond acceptors (Lipinski definition) is 3. The second-order valence-corrected chi connectivity index (χ2v) is 4.82. The molecule has 0 amide bonds. The summed E-state index contributed by atoms with van der Waals surface area (Å²) >= 11 is 1.94. The van der Waals surface area contributed by atoms with Crippen molar-refractivity contribution >= 4 is 17.7 Å². The summed E-state index contributed by atoms with van der Waals surface area (Å²) in [5, 5.41) is 12.7. The van der Waals surface area contributed by atoms with E-state index in [4.69, 9.17) is 5.11 Å². The predicted molar refractivity (Wildman–Crippen MR) is 48.3 cm³/mol. The van der Waals surface area contributed by atoms with Crippen LogP contribution >= 0.6 is 11.8 Å². The number of nitrogens with one attached hydrogen (secondary N) is 1. The molecule has 0 bridgehead atoms. The van der Waals surface area contributed by atoms with E-state index in [0.717, 1.165) is 18.8 Å². The van der Waals surface area contributed by atoms with Crippen LogP contribution in [-0.2, 0) is 4.79 Å². The average Bonchev–Trinajstić information content (AvgIpc) is 2.52. The Morgan fingerprint density at radius 2 is 2.42 bits per heavy atom. The molecule has 0 saturated carbocycles. The SMILES string of the molecule is O=C(O)CC1CSC2CNCC12. The lowest BCUT2D eigenvalue weighted by Crippen LogP contribution is -2.21. The molecule has 2 saturated heterocycles. The van der Waals surface area contributed by atoms with Crippen LogP contribution in [-0.4, -0.2) is 35.2 Å². The number of hydrogen-bond donors (Lipinski definition) is 2. The minimum absolute atomic E-state index is 0.357. The first-order valence-corrected chi connectivity index (χ1v) is 5.36. The molecule has 0 aliphatic carbocycles. The van der Waals surface area contributed by atoms with E-state index < -0.39 is 5.97 Å². The molecular weight excluding hydrogens is 174 g/mol. The molecule has 2 heterocycles. The summed E-state index contributed by atoms with van der Waals surface area (Å²) in [5.74, 6) is 1.43. The molecule has 0 aromatic heterocycles. The second kappa shape index (κ2) is 3.26. The van der Waals surface area contributed by atoms with Gasteiger partial charge in [0.05, 0.1) is 0 Å². The van der Waals surface area contributed by atoms with E-state index in [9.17, 15) is 4.79 Å². The van der Waals surface area contributed by atoms with Gasteiger partial charge in [-0.2, -0.15) is 11.8 Å². The predicted octanol–water partition coefficient (Wildman–Crippen LogP) is 0.412. The van der Waals surface area contributed by atoms with Crippen molar-refractivity contribution < 1.29 is 9.90 Å². The van der Waals surface area contributed by atoms with Crippen molar-refractivity contribution in [2.75, 3.05) is 18.8 Å². The maximum Gasteiger partial charge on any atom is 0.303 e. The molecule has 12 heavy (non-hydrogen) atoms. The maximum absolute atomic E-state index is 10.5. The Labute approximate surface area is 75.9 Å². The summed E-state index contributed by atoms with van der Waals surface area (Å²) in [5.41, 5.74) is 0. The van der Waals surface area contributed by atoms with Gasteiger partial charge in [-0.25, -0.2) is 0 Å². The maximum atomic E-state index is 10.5. The van der Waals surface area contributed by atoms with E-state index in [1.807, 2.05) is 11.8 Å². The summed E-state index contributed by atoms with van der Waals surface area (Å²) in [6.45, 7) is 2.10. The van der Waals surface area contributed by atoms with E-state index >= 15 is 0 Å². The van der Waals surface area contributed by atoms with Crippen molar-refractivity contribution in [1.29, 1.82) is 0 Å². The summed E-state index contributed by atoms with van der Waals surface area (Å²) in [6, 6.07) is 0. The largest absolute Gasteiger partial charge is 0.481 e. The molecule has 0 spiro atoms. The molecule has 2 N–H and O–H groups in total. The first-order chi connectivity index (χ1) is 5.77. The van der Waals surface area contributed by atoms with Crippen LogP contribution in [0.15, 0.2) is 0 Å². The molecule has 2 aliphatic heterocycles. The first-order valence-electron chi connectivity index (χ1n) is 4.31. The first kappa shape index (κ1) is 8.38. The number of thioether (sulfide) groups is 1. The number of rotatable bonds is 2. The van der Waals surface area contributed by atoms with Gasteiger partial charge in [0.2, 0.25) is 0 Å². The minimum Gasteiger partial charge on any atom is -0.481 e. The number of carboxylic acid groups (broad SMARTS) is 1. The molecule has 3 atom stereocenters. The third-order valence-electron chi connectivity index (χ3n) is 2.77. The summed E-state index contributed by atoms with van der Waals surface area (Å²) in [7, 11) is 0.